The van der Waals surface area contributed by atoms with E-state index in [-0.39, 0.29) is 43.0 Å². The Balaban J connectivity index is 1.41. The van der Waals surface area contributed by atoms with Gasteiger partial charge in [0, 0.05) is 12.2 Å². The molecule has 3 amide bonds. The van der Waals surface area contributed by atoms with E-state index in [1.807, 2.05) is 18.2 Å². The highest BCUT2D eigenvalue weighted by molar-refractivity contribution is 6.05. The molecule has 1 fully saturated rings. The van der Waals surface area contributed by atoms with Crippen LogP contribution in [0, 0.1) is 23.2 Å². The minimum atomic E-state index is -0.655. The Bertz CT molecular complexity index is 859. The average Bonchev–Trinajstić information content (AvgIpc) is 2.97. The summed E-state index contributed by atoms with van der Waals surface area (Å²) >= 11 is 0. The first kappa shape index (κ1) is 20.3. The maximum atomic E-state index is 12.3. The van der Waals surface area contributed by atoms with Crippen LogP contribution in [0.5, 0.6) is 0 Å². The van der Waals surface area contributed by atoms with Gasteiger partial charge in [0.2, 0.25) is 11.8 Å². The van der Waals surface area contributed by atoms with E-state index in [0.29, 0.717) is 18.5 Å². The Hall–Kier alpha value is -3.47. The lowest BCUT2D eigenvalue weighted by molar-refractivity contribution is -0.148. The molecule has 0 saturated carbocycles. The van der Waals surface area contributed by atoms with E-state index in [4.69, 9.17) is 10.00 Å². The van der Waals surface area contributed by atoms with Gasteiger partial charge in [0.15, 0.2) is 6.61 Å². The highest BCUT2D eigenvalue weighted by Gasteiger charge is 2.46. The summed E-state index contributed by atoms with van der Waals surface area (Å²) in [6, 6.07) is 8.80. The SMILES string of the molecule is N#CCc1ccc(NC(=O)COC(=O)CCN2C(=O)[C@H]3CC=CC[C@H]3C2=O)cc1. The number of imide groups is 1. The van der Waals surface area contributed by atoms with Gasteiger partial charge in [0.25, 0.3) is 5.91 Å². The quantitative estimate of drug-likeness (QED) is 0.426. The predicted molar refractivity (Wildman–Crippen MR) is 102 cm³/mol. The summed E-state index contributed by atoms with van der Waals surface area (Å²) in [5.74, 6) is -2.29. The van der Waals surface area contributed by atoms with Gasteiger partial charge in [0.05, 0.1) is 30.7 Å². The lowest BCUT2D eigenvalue weighted by Crippen LogP contribution is -2.33. The second-order valence-corrected chi connectivity index (χ2v) is 6.97. The van der Waals surface area contributed by atoms with Crippen LogP contribution in [0.2, 0.25) is 0 Å². The molecule has 0 unspecified atom stereocenters. The number of hydrogen-bond acceptors (Lipinski definition) is 6. The molecule has 29 heavy (non-hydrogen) atoms. The van der Waals surface area contributed by atoms with Gasteiger partial charge in [-0.15, -0.1) is 0 Å². The molecule has 0 bridgehead atoms. The molecule has 1 aromatic carbocycles. The molecule has 1 N–H and O–H groups in total. The number of hydrogen-bond donors (Lipinski definition) is 1. The fourth-order valence-corrected chi connectivity index (χ4v) is 3.50. The maximum Gasteiger partial charge on any atom is 0.308 e. The molecule has 150 valence electrons. The zero-order valence-corrected chi connectivity index (χ0v) is 15.8. The molecule has 1 heterocycles. The molecule has 8 heteroatoms. The normalized spacial score (nSPS) is 20.2. The minimum absolute atomic E-state index is 0.0362. The first-order chi connectivity index (χ1) is 14.0. The average molecular weight is 395 g/mol. The summed E-state index contributed by atoms with van der Waals surface area (Å²) in [5, 5.41) is 11.2. The number of likely N-dealkylation sites (tertiary alicyclic amines) is 1. The van der Waals surface area contributed by atoms with Gasteiger partial charge >= 0.3 is 5.97 Å². The van der Waals surface area contributed by atoms with E-state index in [1.165, 1.54) is 0 Å². The Morgan fingerprint density at radius 2 is 1.72 bits per heavy atom. The van der Waals surface area contributed by atoms with Crippen LogP contribution in [0.25, 0.3) is 0 Å². The van der Waals surface area contributed by atoms with Crippen LogP contribution in [-0.2, 0) is 30.3 Å². The summed E-state index contributed by atoms with van der Waals surface area (Å²) in [4.78, 5) is 49.6. The lowest BCUT2D eigenvalue weighted by atomic mass is 9.85. The number of rotatable bonds is 7. The Kier molecular flexibility index (Phi) is 6.39. The number of nitriles is 1. The largest absolute Gasteiger partial charge is 0.456 e. The molecule has 3 rings (SSSR count). The van der Waals surface area contributed by atoms with Gasteiger partial charge in [-0.3, -0.25) is 24.1 Å². The topological polar surface area (TPSA) is 117 Å². The van der Waals surface area contributed by atoms with Gasteiger partial charge in [-0.2, -0.15) is 5.26 Å². The number of ether oxygens (including phenoxy) is 1. The first-order valence-corrected chi connectivity index (χ1v) is 9.41. The van der Waals surface area contributed by atoms with Gasteiger partial charge < -0.3 is 10.1 Å². The number of nitrogens with zero attached hydrogens (tertiary/aromatic N) is 2. The van der Waals surface area contributed by atoms with Crippen LogP contribution in [0.4, 0.5) is 5.69 Å². The van der Waals surface area contributed by atoms with Gasteiger partial charge in [-0.25, -0.2) is 0 Å². The molecule has 0 spiro atoms. The van der Waals surface area contributed by atoms with E-state index in [9.17, 15) is 19.2 Å². The molecule has 1 aromatic rings. The van der Waals surface area contributed by atoms with Crippen LogP contribution in [0.3, 0.4) is 0 Å². The number of carbonyl (C=O) groups excluding carboxylic acids is 4. The van der Waals surface area contributed by atoms with Crippen LogP contribution in [-0.4, -0.2) is 41.7 Å². The monoisotopic (exact) mass is 395 g/mol. The number of fused-ring (bicyclic) bond motifs is 1. The van der Waals surface area contributed by atoms with Crippen molar-refractivity contribution in [3.05, 3.63) is 42.0 Å². The zero-order valence-electron chi connectivity index (χ0n) is 15.8. The zero-order chi connectivity index (χ0) is 20.8. The molecular formula is C21H21N3O5. The molecule has 8 nitrogen and oxygen atoms in total. The van der Waals surface area contributed by atoms with Gasteiger partial charge in [-0.05, 0) is 30.5 Å². The van der Waals surface area contributed by atoms with Crippen LogP contribution < -0.4 is 5.32 Å². The van der Waals surface area contributed by atoms with Crippen molar-refractivity contribution in [1.82, 2.24) is 4.90 Å². The van der Waals surface area contributed by atoms with Crippen molar-refractivity contribution in [2.45, 2.75) is 25.7 Å². The molecule has 0 aromatic heterocycles. The van der Waals surface area contributed by atoms with Crippen molar-refractivity contribution in [1.29, 1.82) is 5.26 Å². The molecule has 1 aliphatic heterocycles. The molecular weight excluding hydrogens is 374 g/mol. The number of allylic oxidation sites excluding steroid dienone is 2. The molecule has 1 aliphatic carbocycles. The van der Waals surface area contributed by atoms with E-state index < -0.39 is 18.5 Å². The number of nitrogens with one attached hydrogen (secondary N) is 1. The summed E-state index contributed by atoms with van der Waals surface area (Å²) in [6.07, 6.45) is 5.04. The predicted octanol–water partition coefficient (Wildman–Crippen LogP) is 1.58. The Morgan fingerprint density at radius 3 is 2.31 bits per heavy atom. The molecule has 2 atom stereocenters. The third-order valence-corrected chi connectivity index (χ3v) is 5.02. The highest BCUT2D eigenvalue weighted by atomic mass is 16.5. The number of esters is 1. The van der Waals surface area contributed by atoms with Gasteiger partial charge in [0.1, 0.15) is 0 Å². The second kappa shape index (κ2) is 9.15. The van der Waals surface area contributed by atoms with E-state index >= 15 is 0 Å². The number of anilines is 1. The van der Waals surface area contributed by atoms with E-state index in [1.54, 1.807) is 24.3 Å². The van der Waals surface area contributed by atoms with E-state index in [2.05, 4.69) is 5.32 Å². The van der Waals surface area contributed by atoms with Crippen molar-refractivity contribution in [2.75, 3.05) is 18.5 Å². The van der Waals surface area contributed by atoms with Crippen molar-refractivity contribution in [3.63, 3.8) is 0 Å². The van der Waals surface area contributed by atoms with Crippen LogP contribution in [0.15, 0.2) is 36.4 Å². The fraction of sp³-hybridized carbons (Fsp3) is 0.381. The summed E-state index contributed by atoms with van der Waals surface area (Å²) in [6.45, 7) is -0.499. The standard InChI is InChI=1S/C21H21N3O5/c22-11-9-14-5-7-15(8-6-14)23-18(25)13-29-19(26)10-12-24-20(27)16-3-1-2-4-17(16)21(24)28/h1-2,5-8,16-17H,3-4,9-10,12-13H2,(H,23,25)/t16-,17+. The fourth-order valence-electron chi connectivity index (χ4n) is 3.50. The van der Waals surface area contributed by atoms with E-state index in [0.717, 1.165) is 10.5 Å². The van der Waals surface area contributed by atoms with Crippen molar-refractivity contribution in [2.24, 2.45) is 11.8 Å². The highest BCUT2D eigenvalue weighted by Crippen LogP contribution is 2.34. The number of carbonyl (C=O) groups is 4. The third kappa shape index (κ3) is 4.88. The Labute approximate surface area is 168 Å². The first-order valence-electron chi connectivity index (χ1n) is 9.41. The molecule has 2 aliphatic rings. The van der Waals surface area contributed by atoms with Crippen LogP contribution >= 0.6 is 0 Å². The maximum absolute atomic E-state index is 12.3. The summed E-state index contributed by atoms with van der Waals surface area (Å²) < 4.78 is 4.93. The summed E-state index contributed by atoms with van der Waals surface area (Å²) in [7, 11) is 0. The van der Waals surface area contributed by atoms with Crippen LogP contribution in [0.1, 0.15) is 24.8 Å². The second-order valence-electron chi connectivity index (χ2n) is 6.97. The Morgan fingerprint density at radius 1 is 1.10 bits per heavy atom. The smallest absolute Gasteiger partial charge is 0.308 e. The third-order valence-electron chi connectivity index (χ3n) is 5.02. The molecule has 0 radical (unpaired) electrons. The number of amides is 3. The lowest BCUT2D eigenvalue weighted by Gasteiger charge is -2.14. The molecule has 1 saturated heterocycles. The van der Waals surface area contributed by atoms with Gasteiger partial charge in [-0.1, -0.05) is 24.3 Å². The van der Waals surface area contributed by atoms with Crippen molar-refractivity contribution >= 4 is 29.4 Å². The minimum Gasteiger partial charge on any atom is -0.456 e. The summed E-state index contributed by atoms with van der Waals surface area (Å²) in [5.41, 5.74) is 1.36. The number of benzene rings is 1. The van der Waals surface area contributed by atoms with Crippen molar-refractivity contribution in [3.8, 4) is 6.07 Å². The van der Waals surface area contributed by atoms with Crippen molar-refractivity contribution < 1.29 is 23.9 Å².